The van der Waals surface area contributed by atoms with E-state index in [1.807, 2.05) is 20.8 Å². The smallest absolute Gasteiger partial charge is 0.119 e. The van der Waals surface area contributed by atoms with Crippen molar-refractivity contribution in [2.24, 2.45) is 5.41 Å². The predicted octanol–water partition coefficient (Wildman–Crippen LogP) is 3.13. The number of ether oxygens (including phenoxy) is 1. The van der Waals surface area contributed by atoms with Gasteiger partial charge in [-0.1, -0.05) is 32.4 Å². The molecule has 0 aromatic heterocycles. The van der Waals surface area contributed by atoms with E-state index < -0.39 is 6.10 Å². The Morgan fingerprint density at radius 2 is 1.80 bits per heavy atom. The molecule has 0 aliphatic heterocycles. The molecule has 0 fully saturated rings. The molecule has 0 aliphatic carbocycles. The van der Waals surface area contributed by atoms with Gasteiger partial charge in [0.25, 0.3) is 0 Å². The van der Waals surface area contributed by atoms with Crippen LogP contribution in [-0.2, 0) is 0 Å². The van der Waals surface area contributed by atoms with Crippen LogP contribution in [0.2, 0.25) is 5.02 Å². The van der Waals surface area contributed by atoms with Gasteiger partial charge in [-0.3, -0.25) is 0 Å². The average molecular weight is 229 g/mol. The molecule has 1 unspecified atom stereocenters. The number of hydrogen-bond acceptors (Lipinski definition) is 2. The topological polar surface area (TPSA) is 29.5 Å². The third-order valence-electron chi connectivity index (χ3n) is 2.22. The number of hydrogen-bond donors (Lipinski definition) is 1. The van der Waals surface area contributed by atoms with E-state index in [9.17, 15) is 5.11 Å². The van der Waals surface area contributed by atoms with Gasteiger partial charge in [0.1, 0.15) is 12.4 Å². The molecule has 3 heteroatoms. The van der Waals surface area contributed by atoms with Crippen molar-refractivity contribution in [2.75, 3.05) is 6.61 Å². The lowest BCUT2D eigenvalue weighted by molar-refractivity contribution is 0.0218. The highest BCUT2D eigenvalue weighted by atomic mass is 35.5. The molecule has 0 saturated heterocycles. The summed E-state index contributed by atoms with van der Waals surface area (Å²) in [5.74, 6) is 0.725. The van der Waals surface area contributed by atoms with Gasteiger partial charge >= 0.3 is 0 Å². The lowest BCUT2D eigenvalue weighted by Gasteiger charge is -2.25. The molecule has 1 aromatic carbocycles. The van der Waals surface area contributed by atoms with Crippen LogP contribution >= 0.6 is 11.6 Å². The summed E-state index contributed by atoms with van der Waals surface area (Å²) < 4.78 is 5.44. The lowest BCUT2D eigenvalue weighted by Crippen LogP contribution is -2.31. The van der Waals surface area contributed by atoms with Gasteiger partial charge in [-0.15, -0.1) is 0 Å². The minimum atomic E-state index is -0.479. The second-order valence-corrected chi connectivity index (χ2v) is 5.08. The van der Waals surface area contributed by atoms with Gasteiger partial charge in [0.15, 0.2) is 0 Å². The Bertz CT molecular complexity index is 300. The number of rotatable bonds is 3. The highest BCUT2D eigenvalue weighted by molar-refractivity contribution is 6.30. The fourth-order valence-corrected chi connectivity index (χ4v) is 1.08. The van der Waals surface area contributed by atoms with E-state index in [-0.39, 0.29) is 5.41 Å². The summed E-state index contributed by atoms with van der Waals surface area (Å²) in [6, 6.07) is 7.11. The highest BCUT2D eigenvalue weighted by Gasteiger charge is 2.22. The summed E-state index contributed by atoms with van der Waals surface area (Å²) in [5.41, 5.74) is -0.160. The first-order valence-electron chi connectivity index (χ1n) is 4.96. The second-order valence-electron chi connectivity index (χ2n) is 4.65. The first-order chi connectivity index (χ1) is 6.89. The van der Waals surface area contributed by atoms with Gasteiger partial charge in [0.2, 0.25) is 0 Å². The standard InChI is InChI=1S/C12H17ClO2/c1-12(2,3)11(14)8-15-10-6-4-9(13)5-7-10/h4-7,11,14H,8H2,1-3H3. The van der Waals surface area contributed by atoms with Crippen molar-refractivity contribution in [1.29, 1.82) is 0 Å². The normalized spacial score (nSPS) is 13.7. The number of benzene rings is 1. The van der Waals surface area contributed by atoms with Gasteiger partial charge in [-0.05, 0) is 29.7 Å². The van der Waals surface area contributed by atoms with Gasteiger partial charge < -0.3 is 9.84 Å². The maximum atomic E-state index is 9.75. The molecule has 0 saturated carbocycles. The third kappa shape index (κ3) is 4.10. The second kappa shape index (κ2) is 4.86. The maximum Gasteiger partial charge on any atom is 0.119 e. The fourth-order valence-electron chi connectivity index (χ4n) is 0.956. The van der Waals surface area contributed by atoms with E-state index in [0.29, 0.717) is 11.6 Å². The molecule has 0 radical (unpaired) electrons. The van der Waals surface area contributed by atoms with Gasteiger partial charge in [0.05, 0.1) is 6.10 Å². The van der Waals surface area contributed by atoms with E-state index in [1.54, 1.807) is 24.3 Å². The first kappa shape index (κ1) is 12.3. The largest absolute Gasteiger partial charge is 0.491 e. The monoisotopic (exact) mass is 228 g/mol. The molecule has 15 heavy (non-hydrogen) atoms. The average Bonchev–Trinajstić information content (AvgIpc) is 2.15. The van der Waals surface area contributed by atoms with Crippen molar-refractivity contribution >= 4 is 11.6 Å². The summed E-state index contributed by atoms with van der Waals surface area (Å²) in [5, 5.41) is 10.4. The highest BCUT2D eigenvalue weighted by Crippen LogP contribution is 2.21. The Kier molecular flexibility index (Phi) is 4.00. The van der Waals surface area contributed by atoms with Crippen molar-refractivity contribution in [1.82, 2.24) is 0 Å². The molecular formula is C12H17ClO2. The van der Waals surface area contributed by atoms with Crippen LogP contribution < -0.4 is 4.74 Å². The van der Waals surface area contributed by atoms with Crippen LogP contribution in [0.15, 0.2) is 24.3 Å². The Morgan fingerprint density at radius 3 is 2.27 bits per heavy atom. The molecule has 84 valence electrons. The van der Waals surface area contributed by atoms with Crippen LogP contribution in [0.25, 0.3) is 0 Å². The van der Waals surface area contributed by atoms with E-state index in [0.717, 1.165) is 5.75 Å². The lowest BCUT2D eigenvalue weighted by atomic mass is 9.90. The quantitative estimate of drug-likeness (QED) is 0.862. The van der Waals surface area contributed by atoms with Gasteiger partial charge in [-0.25, -0.2) is 0 Å². The zero-order valence-electron chi connectivity index (χ0n) is 9.33. The summed E-state index contributed by atoms with van der Waals surface area (Å²) in [6.07, 6.45) is -0.479. The first-order valence-corrected chi connectivity index (χ1v) is 5.34. The maximum absolute atomic E-state index is 9.75. The molecule has 1 N–H and O–H groups in total. The van der Waals surface area contributed by atoms with Crippen molar-refractivity contribution in [3.05, 3.63) is 29.3 Å². The molecule has 2 nitrogen and oxygen atoms in total. The fraction of sp³-hybridized carbons (Fsp3) is 0.500. The molecular weight excluding hydrogens is 212 g/mol. The van der Waals surface area contributed by atoms with Crippen LogP contribution in [0.1, 0.15) is 20.8 Å². The Balaban J connectivity index is 2.47. The van der Waals surface area contributed by atoms with Gasteiger partial charge in [-0.2, -0.15) is 0 Å². The number of aliphatic hydroxyl groups is 1. The molecule has 0 heterocycles. The van der Waals surface area contributed by atoms with Crippen molar-refractivity contribution in [3.63, 3.8) is 0 Å². The third-order valence-corrected chi connectivity index (χ3v) is 2.47. The van der Waals surface area contributed by atoms with Crippen molar-refractivity contribution < 1.29 is 9.84 Å². The Labute approximate surface area is 95.8 Å². The van der Waals surface area contributed by atoms with Crippen LogP contribution in [-0.4, -0.2) is 17.8 Å². The zero-order chi connectivity index (χ0) is 11.5. The summed E-state index contributed by atoms with van der Waals surface area (Å²) in [6.45, 7) is 6.22. The summed E-state index contributed by atoms with van der Waals surface area (Å²) in [7, 11) is 0. The minimum Gasteiger partial charge on any atom is -0.491 e. The molecule has 0 bridgehead atoms. The van der Waals surface area contributed by atoms with Gasteiger partial charge in [0, 0.05) is 5.02 Å². The number of aliphatic hydroxyl groups excluding tert-OH is 1. The molecule has 0 amide bonds. The molecule has 1 aromatic rings. The minimum absolute atomic E-state index is 0.160. The Morgan fingerprint density at radius 1 is 1.27 bits per heavy atom. The Hall–Kier alpha value is -0.730. The molecule has 0 spiro atoms. The molecule has 0 aliphatic rings. The summed E-state index contributed by atoms with van der Waals surface area (Å²) >= 11 is 5.74. The predicted molar refractivity (Wildman–Crippen MR) is 62.4 cm³/mol. The van der Waals surface area contributed by atoms with E-state index in [4.69, 9.17) is 16.3 Å². The van der Waals surface area contributed by atoms with Crippen molar-refractivity contribution in [3.8, 4) is 5.75 Å². The van der Waals surface area contributed by atoms with Crippen LogP contribution in [0.3, 0.4) is 0 Å². The van der Waals surface area contributed by atoms with Crippen LogP contribution in [0.4, 0.5) is 0 Å². The summed E-state index contributed by atoms with van der Waals surface area (Å²) in [4.78, 5) is 0. The zero-order valence-corrected chi connectivity index (χ0v) is 10.1. The molecule has 1 atom stereocenters. The number of halogens is 1. The van der Waals surface area contributed by atoms with Crippen molar-refractivity contribution in [2.45, 2.75) is 26.9 Å². The van der Waals surface area contributed by atoms with Crippen LogP contribution in [0.5, 0.6) is 5.75 Å². The van der Waals surface area contributed by atoms with E-state index >= 15 is 0 Å². The van der Waals surface area contributed by atoms with E-state index in [1.165, 1.54) is 0 Å². The SMILES string of the molecule is CC(C)(C)C(O)COc1ccc(Cl)cc1. The van der Waals surface area contributed by atoms with E-state index in [2.05, 4.69) is 0 Å². The molecule has 1 rings (SSSR count). The van der Waals surface area contributed by atoms with Crippen LogP contribution in [0, 0.1) is 5.41 Å².